The van der Waals surface area contributed by atoms with Gasteiger partial charge in [-0.25, -0.2) is 4.99 Å². The smallest absolute Gasteiger partial charge is 0.267 e. The molecule has 4 aromatic rings. The summed E-state index contributed by atoms with van der Waals surface area (Å²) >= 11 is 1.39. The van der Waals surface area contributed by atoms with E-state index in [0.29, 0.717) is 16.6 Å². The Labute approximate surface area is 178 Å². The molecule has 30 heavy (non-hydrogen) atoms. The molecular weight excluding hydrogens is 394 g/mol. The highest BCUT2D eigenvalue weighted by atomic mass is 32.2. The van der Waals surface area contributed by atoms with Crippen molar-refractivity contribution in [1.29, 1.82) is 0 Å². The summed E-state index contributed by atoms with van der Waals surface area (Å²) in [6.07, 6.45) is 5.62. The number of benzene rings is 2. The number of amidine groups is 1. The summed E-state index contributed by atoms with van der Waals surface area (Å²) in [7, 11) is 2.01. The third kappa shape index (κ3) is 3.46. The monoisotopic (exact) mass is 413 g/mol. The summed E-state index contributed by atoms with van der Waals surface area (Å²) in [5.74, 6) is 0.648. The molecule has 1 aliphatic rings. The summed E-state index contributed by atoms with van der Waals surface area (Å²) in [5, 5.41) is 1.76. The Bertz CT molecular complexity index is 1270. The number of aromatic nitrogens is 1. The lowest BCUT2D eigenvalue weighted by Gasteiger charge is -2.13. The lowest BCUT2D eigenvalue weighted by molar-refractivity contribution is -0.122. The van der Waals surface area contributed by atoms with Crippen LogP contribution in [0.15, 0.2) is 93.5 Å². The van der Waals surface area contributed by atoms with Crippen LogP contribution in [-0.4, -0.2) is 20.5 Å². The Morgan fingerprint density at radius 1 is 1.03 bits per heavy atom. The Kier molecular flexibility index (Phi) is 4.77. The van der Waals surface area contributed by atoms with Gasteiger partial charge in [-0.3, -0.25) is 9.69 Å². The molecule has 148 valence electrons. The molecule has 0 atom stereocenters. The summed E-state index contributed by atoms with van der Waals surface area (Å²) in [4.78, 5) is 20.3. The number of hydrogen-bond donors (Lipinski definition) is 0. The van der Waals surface area contributed by atoms with Crippen LogP contribution in [0.2, 0.25) is 0 Å². The van der Waals surface area contributed by atoms with Gasteiger partial charge in [-0.2, -0.15) is 0 Å². The molecule has 0 aliphatic carbocycles. The van der Waals surface area contributed by atoms with Crippen LogP contribution in [0.3, 0.4) is 0 Å². The number of nitrogens with zero attached hydrogens (tertiary/aromatic N) is 3. The molecule has 0 spiro atoms. The van der Waals surface area contributed by atoms with Crippen LogP contribution in [0.25, 0.3) is 17.0 Å². The van der Waals surface area contributed by atoms with Crippen molar-refractivity contribution in [3.63, 3.8) is 0 Å². The largest absolute Gasteiger partial charge is 0.467 e. The van der Waals surface area contributed by atoms with Crippen molar-refractivity contribution >= 4 is 45.5 Å². The van der Waals surface area contributed by atoms with E-state index in [4.69, 9.17) is 9.41 Å². The van der Waals surface area contributed by atoms with E-state index >= 15 is 0 Å². The van der Waals surface area contributed by atoms with E-state index in [1.54, 1.807) is 11.2 Å². The van der Waals surface area contributed by atoms with E-state index in [1.165, 1.54) is 11.8 Å². The predicted molar refractivity (Wildman–Crippen MR) is 121 cm³/mol. The first-order valence-corrected chi connectivity index (χ1v) is 10.4. The Morgan fingerprint density at radius 2 is 1.83 bits per heavy atom. The topological polar surface area (TPSA) is 50.7 Å². The van der Waals surface area contributed by atoms with Gasteiger partial charge in [-0.1, -0.05) is 36.4 Å². The second kappa shape index (κ2) is 7.72. The molecule has 0 radical (unpaired) electrons. The summed E-state index contributed by atoms with van der Waals surface area (Å²) in [6.45, 7) is 0.345. The zero-order valence-electron chi connectivity index (χ0n) is 16.4. The van der Waals surface area contributed by atoms with Crippen LogP contribution in [0.4, 0.5) is 5.69 Å². The molecule has 0 unspecified atom stereocenters. The Balaban J connectivity index is 1.55. The quantitative estimate of drug-likeness (QED) is 0.411. The lowest BCUT2D eigenvalue weighted by Crippen LogP contribution is -2.28. The van der Waals surface area contributed by atoms with Gasteiger partial charge >= 0.3 is 0 Å². The average molecular weight is 414 g/mol. The summed E-state index contributed by atoms with van der Waals surface area (Å²) < 4.78 is 7.55. The number of amides is 1. The Hall–Kier alpha value is -3.51. The van der Waals surface area contributed by atoms with Crippen LogP contribution < -0.4 is 0 Å². The fraction of sp³-hybridized carbons (Fsp3) is 0.0833. The number of hydrogen-bond acceptors (Lipinski definition) is 4. The minimum Gasteiger partial charge on any atom is -0.467 e. The van der Waals surface area contributed by atoms with E-state index in [1.807, 2.05) is 67.7 Å². The van der Waals surface area contributed by atoms with Crippen LogP contribution in [-0.2, 0) is 18.4 Å². The van der Waals surface area contributed by atoms with Crippen molar-refractivity contribution in [2.24, 2.45) is 12.0 Å². The van der Waals surface area contributed by atoms with Crippen molar-refractivity contribution in [2.45, 2.75) is 6.54 Å². The SMILES string of the molecule is Cn1cc(C=C2SC(=Nc3ccccc3)N(Cc3ccco3)C2=O)c2ccccc21. The average Bonchev–Trinajstić information content (AvgIpc) is 3.46. The predicted octanol–water partition coefficient (Wildman–Crippen LogP) is 5.58. The highest BCUT2D eigenvalue weighted by Crippen LogP contribution is 2.36. The first kappa shape index (κ1) is 18.5. The van der Waals surface area contributed by atoms with Crippen LogP contribution >= 0.6 is 11.8 Å². The molecule has 3 heterocycles. The van der Waals surface area contributed by atoms with Gasteiger partial charge in [0.1, 0.15) is 5.76 Å². The molecule has 1 amide bonds. The van der Waals surface area contributed by atoms with Gasteiger partial charge in [-0.05, 0) is 48.2 Å². The zero-order valence-corrected chi connectivity index (χ0v) is 17.2. The van der Waals surface area contributed by atoms with E-state index in [2.05, 4.69) is 22.9 Å². The molecule has 1 saturated heterocycles. The van der Waals surface area contributed by atoms with Crippen LogP contribution in [0.1, 0.15) is 11.3 Å². The number of rotatable bonds is 4. The lowest BCUT2D eigenvalue weighted by atomic mass is 10.1. The van der Waals surface area contributed by atoms with Crippen molar-refractivity contribution in [1.82, 2.24) is 9.47 Å². The third-order valence-electron chi connectivity index (χ3n) is 4.98. The van der Waals surface area contributed by atoms with Crippen LogP contribution in [0.5, 0.6) is 0 Å². The van der Waals surface area contributed by atoms with Gasteiger partial charge in [-0.15, -0.1) is 0 Å². The zero-order chi connectivity index (χ0) is 20.5. The van der Waals surface area contributed by atoms with Gasteiger partial charge < -0.3 is 8.98 Å². The maximum Gasteiger partial charge on any atom is 0.267 e. The molecule has 0 N–H and O–H groups in total. The minimum absolute atomic E-state index is 0.0704. The van der Waals surface area contributed by atoms with E-state index < -0.39 is 0 Å². The molecule has 0 bridgehead atoms. The van der Waals surface area contributed by atoms with Crippen molar-refractivity contribution in [2.75, 3.05) is 0 Å². The van der Waals surface area contributed by atoms with E-state index in [-0.39, 0.29) is 5.91 Å². The van der Waals surface area contributed by atoms with Crippen molar-refractivity contribution in [3.05, 3.63) is 95.4 Å². The molecule has 6 heteroatoms. The minimum atomic E-state index is -0.0704. The molecule has 5 rings (SSSR count). The second-order valence-electron chi connectivity index (χ2n) is 7.02. The Morgan fingerprint density at radius 3 is 2.63 bits per heavy atom. The number of para-hydroxylation sites is 2. The molecule has 1 aliphatic heterocycles. The standard InChI is InChI=1S/C24H19N3O2S/c1-26-15-17(20-11-5-6-12-21(20)26)14-22-23(28)27(16-19-10-7-13-29-19)24(30-22)25-18-8-3-2-4-9-18/h2-15H,16H2,1H3. The van der Waals surface area contributed by atoms with Crippen molar-refractivity contribution in [3.8, 4) is 0 Å². The fourth-order valence-electron chi connectivity index (χ4n) is 3.53. The fourth-order valence-corrected chi connectivity index (χ4v) is 4.52. The van der Waals surface area contributed by atoms with Gasteiger partial charge in [0.05, 0.1) is 23.4 Å². The molecule has 2 aromatic carbocycles. The highest BCUT2D eigenvalue weighted by molar-refractivity contribution is 8.18. The van der Waals surface area contributed by atoms with Gasteiger partial charge in [0, 0.05) is 29.7 Å². The summed E-state index contributed by atoms with van der Waals surface area (Å²) in [6, 6.07) is 21.5. The number of carbonyl (C=O) groups is 1. The van der Waals surface area contributed by atoms with Gasteiger partial charge in [0.2, 0.25) is 0 Å². The van der Waals surface area contributed by atoms with E-state index in [9.17, 15) is 4.79 Å². The molecular formula is C24H19N3O2S. The third-order valence-corrected chi connectivity index (χ3v) is 5.98. The second-order valence-corrected chi connectivity index (χ2v) is 8.03. The maximum absolute atomic E-state index is 13.3. The maximum atomic E-state index is 13.3. The number of fused-ring (bicyclic) bond motifs is 1. The highest BCUT2D eigenvalue weighted by Gasteiger charge is 2.34. The first-order chi connectivity index (χ1) is 14.7. The van der Waals surface area contributed by atoms with Crippen molar-refractivity contribution < 1.29 is 9.21 Å². The first-order valence-electron chi connectivity index (χ1n) is 9.60. The number of aryl methyl sites for hydroxylation is 1. The molecule has 1 fully saturated rings. The van der Waals surface area contributed by atoms with Gasteiger partial charge in [0.25, 0.3) is 5.91 Å². The molecule has 5 nitrogen and oxygen atoms in total. The number of furan rings is 1. The molecule has 0 saturated carbocycles. The number of thioether (sulfide) groups is 1. The van der Waals surface area contributed by atoms with E-state index in [0.717, 1.165) is 27.9 Å². The normalized spacial score (nSPS) is 17.0. The van der Waals surface area contributed by atoms with Crippen LogP contribution in [0, 0.1) is 0 Å². The number of aliphatic imine (C=N–C) groups is 1. The molecule has 2 aromatic heterocycles. The summed E-state index contributed by atoms with van der Waals surface area (Å²) in [5.41, 5.74) is 2.96. The number of carbonyl (C=O) groups excluding carboxylic acids is 1. The van der Waals surface area contributed by atoms with Gasteiger partial charge in [0.15, 0.2) is 5.17 Å².